The van der Waals surface area contributed by atoms with Crippen molar-refractivity contribution in [1.82, 2.24) is 9.97 Å². The molecule has 0 fully saturated rings. The summed E-state index contributed by atoms with van der Waals surface area (Å²) in [7, 11) is 0. The van der Waals surface area contributed by atoms with Crippen LogP contribution in [0.1, 0.15) is 0 Å². The van der Waals surface area contributed by atoms with Gasteiger partial charge in [0.1, 0.15) is 0 Å². The molecule has 0 spiro atoms. The standard InChI is InChI=1S/C48H30N2S/c1-4-13-31(14-5-1)41-29-43(34-17-8-3-9-18-34)49-46-38(41)27-28-39-42(32-15-6-2-7-16-32)30-44(50-47(39)46)35-25-23-33(24-26-35)36-20-12-21-40-37-19-10-11-22-45(37)51-48(36)40/h1-30H. The summed E-state index contributed by atoms with van der Waals surface area (Å²) < 4.78 is 2.64. The van der Waals surface area contributed by atoms with Gasteiger partial charge in [-0.2, -0.15) is 0 Å². The Hall–Kier alpha value is -6.42. The van der Waals surface area contributed by atoms with Gasteiger partial charge in [0, 0.05) is 42.1 Å². The molecule has 51 heavy (non-hydrogen) atoms. The fourth-order valence-corrected chi connectivity index (χ4v) is 8.63. The molecule has 0 aliphatic heterocycles. The summed E-state index contributed by atoms with van der Waals surface area (Å²) in [6.07, 6.45) is 0. The lowest BCUT2D eigenvalue weighted by atomic mass is 9.93. The maximum absolute atomic E-state index is 5.45. The number of hydrogen-bond donors (Lipinski definition) is 0. The zero-order valence-electron chi connectivity index (χ0n) is 27.6. The highest BCUT2D eigenvalue weighted by Gasteiger charge is 2.18. The molecule has 0 saturated heterocycles. The number of nitrogens with zero attached hydrogens (tertiary/aromatic N) is 2. The first kappa shape index (κ1) is 29.5. The Bertz CT molecular complexity index is 2880. The molecule has 238 valence electrons. The summed E-state index contributed by atoms with van der Waals surface area (Å²) >= 11 is 1.87. The predicted molar refractivity (Wildman–Crippen MR) is 217 cm³/mol. The van der Waals surface area contributed by atoms with E-state index in [2.05, 4.69) is 176 Å². The smallest absolute Gasteiger partial charge is 0.0978 e. The van der Waals surface area contributed by atoms with E-state index in [9.17, 15) is 0 Å². The number of benzene rings is 7. The Balaban J connectivity index is 1.20. The van der Waals surface area contributed by atoms with Gasteiger partial charge in [-0.15, -0.1) is 11.3 Å². The van der Waals surface area contributed by atoms with Crippen molar-refractivity contribution in [3.05, 3.63) is 182 Å². The van der Waals surface area contributed by atoms with Crippen LogP contribution in [0.15, 0.2) is 182 Å². The monoisotopic (exact) mass is 666 g/mol. The van der Waals surface area contributed by atoms with Crippen molar-refractivity contribution in [3.8, 4) is 55.9 Å². The van der Waals surface area contributed by atoms with Crippen LogP contribution in [0.25, 0.3) is 97.9 Å². The second kappa shape index (κ2) is 12.2. The molecule has 0 unspecified atom stereocenters. The van der Waals surface area contributed by atoms with E-state index in [-0.39, 0.29) is 0 Å². The summed E-state index contributed by atoms with van der Waals surface area (Å²) in [5.74, 6) is 0. The first-order valence-corrected chi connectivity index (χ1v) is 18.1. The van der Waals surface area contributed by atoms with Crippen molar-refractivity contribution in [1.29, 1.82) is 0 Å². The molecule has 3 aromatic heterocycles. The first-order chi connectivity index (χ1) is 25.3. The molecule has 0 atom stereocenters. The van der Waals surface area contributed by atoms with Gasteiger partial charge in [0.05, 0.1) is 22.4 Å². The summed E-state index contributed by atoms with van der Waals surface area (Å²) in [5.41, 5.74) is 12.9. The lowest BCUT2D eigenvalue weighted by Gasteiger charge is -2.15. The summed E-state index contributed by atoms with van der Waals surface area (Å²) in [6, 6.07) is 64.8. The fraction of sp³-hybridized carbons (Fsp3) is 0. The maximum atomic E-state index is 5.45. The lowest BCUT2D eigenvalue weighted by molar-refractivity contribution is 1.36. The van der Waals surface area contributed by atoms with Crippen LogP contribution >= 0.6 is 11.3 Å². The van der Waals surface area contributed by atoms with Gasteiger partial charge in [0.2, 0.25) is 0 Å². The van der Waals surface area contributed by atoms with Gasteiger partial charge in [-0.05, 0) is 51.6 Å². The quantitative estimate of drug-likeness (QED) is 0.171. The second-order valence-electron chi connectivity index (χ2n) is 12.9. The molecule has 0 aliphatic carbocycles. The number of pyridine rings is 2. The summed E-state index contributed by atoms with van der Waals surface area (Å²) in [4.78, 5) is 10.8. The van der Waals surface area contributed by atoms with E-state index in [4.69, 9.17) is 9.97 Å². The number of aromatic nitrogens is 2. The molecular formula is C48H30N2S. The molecule has 10 rings (SSSR count). The minimum absolute atomic E-state index is 0.901. The highest BCUT2D eigenvalue weighted by atomic mass is 32.1. The summed E-state index contributed by atoms with van der Waals surface area (Å²) in [6.45, 7) is 0. The van der Waals surface area contributed by atoms with Crippen molar-refractivity contribution in [2.24, 2.45) is 0 Å². The van der Waals surface area contributed by atoms with Gasteiger partial charge in [-0.3, -0.25) is 0 Å². The van der Waals surface area contributed by atoms with Crippen LogP contribution in [0, 0.1) is 0 Å². The van der Waals surface area contributed by atoms with Gasteiger partial charge in [0.15, 0.2) is 0 Å². The van der Waals surface area contributed by atoms with E-state index in [1.165, 1.54) is 31.3 Å². The van der Waals surface area contributed by atoms with Gasteiger partial charge in [-0.1, -0.05) is 164 Å². The van der Waals surface area contributed by atoms with E-state index in [1.54, 1.807) is 0 Å². The van der Waals surface area contributed by atoms with Crippen LogP contribution in [0.5, 0.6) is 0 Å². The van der Waals surface area contributed by atoms with Crippen molar-refractivity contribution in [2.75, 3.05) is 0 Å². The van der Waals surface area contributed by atoms with Crippen LogP contribution in [0.4, 0.5) is 0 Å². The molecule has 0 N–H and O–H groups in total. The average Bonchev–Trinajstić information content (AvgIpc) is 3.60. The molecule has 3 heteroatoms. The van der Waals surface area contributed by atoms with Crippen LogP contribution in [-0.4, -0.2) is 9.97 Å². The molecule has 10 aromatic rings. The van der Waals surface area contributed by atoms with Crippen molar-refractivity contribution >= 4 is 53.3 Å². The Morgan fingerprint density at radius 2 is 0.765 bits per heavy atom. The number of fused-ring (bicyclic) bond motifs is 6. The Kier molecular flexibility index (Phi) is 7.04. The molecular weight excluding hydrogens is 637 g/mol. The van der Waals surface area contributed by atoms with Crippen molar-refractivity contribution in [3.63, 3.8) is 0 Å². The lowest BCUT2D eigenvalue weighted by Crippen LogP contribution is -1.95. The molecule has 3 heterocycles. The SMILES string of the molecule is c1ccc(-c2cc(-c3ccccc3)c3ccc4c(-c5ccccc5)cc(-c5ccc(-c6cccc7c6sc6ccccc67)cc5)nc4c3n2)cc1. The molecule has 0 aliphatic rings. The zero-order valence-corrected chi connectivity index (χ0v) is 28.4. The predicted octanol–water partition coefficient (Wildman–Crippen LogP) is 13.5. The third kappa shape index (κ3) is 5.10. The highest BCUT2D eigenvalue weighted by molar-refractivity contribution is 7.26. The third-order valence-corrected chi connectivity index (χ3v) is 11.1. The number of hydrogen-bond acceptors (Lipinski definition) is 3. The van der Waals surface area contributed by atoms with Gasteiger partial charge in [-0.25, -0.2) is 9.97 Å². The van der Waals surface area contributed by atoms with Crippen LogP contribution in [0.3, 0.4) is 0 Å². The normalized spacial score (nSPS) is 11.5. The van der Waals surface area contributed by atoms with Crippen molar-refractivity contribution in [2.45, 2.75) is 0 Å². The molecule has 0 radical (unpaired) electrons. The molecule has 0 amide bonds. The second-order valence-corrected chi connectivity index (χ2v) is 14.0. The topological polar surface area (TPSA) is 25.8 Å². The molecule has 0 saturated carbocycles. The molecule has 0 bridgehead atoms. The Morgan fingerprint density at radius 1 is 0.314 bits per heavy atom. The largest absolute Gasteiger partial charge is 0.245 e. The van der Waals surface area contributed by atoms with Crippen molar-refractivity contribution < 1.29 is 0 Å². The number of rotatable bonds is 5. The summed E-state index contributed by atoms with van der Waals surface area (Å²) in [5, 5.41) is 4.80. The first-order valence-electron chi connectivity index (χ1n) is 17.2. The highest BCUT2D eigenvalue weighted by Crippen LogP contribution is 2.42. The van der Waals surface area contributed by atoms with Crippen LogP contribution in [0.2, 0.25) is 0 Å². The third-order valence-electron chi connectivity index (χ3n) is 9.89. The Morgan fingerprint density at radius 3 is 1.35 bits per heavy atom. The van der Waals surface area contributed by atoms with Crippen LogP contribution in [-0.2, 0) is 0 Å². The van der Waals surface area contributed by atoms with E-state index in [0.717, 1.165) is 66.6 Å². The van der Waals surface area contributed by atoms with Gasteiger partial charge >= 0.3 is 0 Å². The fourth-order valence-electron chi connectivity index (χ4n) is 7.39. The minimum Gasteiger partial charge on any atom is -0.245 e. The van der Waals surface area contributed by atoms with E-state index in [0.29, 0.717) is 0 Å². The van der Waals surface area contributed by atoms with Gasteiger partial charge in [0.25, 0.3) is 0 Å². The zero-order chi connectivity index (χ0) is 33.7. The van der Waals surface area contributed by atoms with Crippen LogP contribution < -0.4 is 0 Å². The Labute approximate surface area is 300 Å². The average molecular weight is 667 g/mol. The molecule has 2 nitrogen and oxygen atoms in total. The molecule has 7 aromatic carbocycles. The van der Waals surface area contributed by atoms with Gasteiger partial charge < -0.3 is 0 Å². The minimum atomic E-state index is 0.901. The van der Waals surface area contributed by atoms with E-state index < -0.39 is 0 Å². The van der Waals surface area contributed by atoms with E-state index >= 15 is 0 Å². The number of thiophene rings is 1. The maximum Gasteiger partial charge on any atom is 0.0978 e. The van der Waals surface area contributed by atoms with E-state index in [1.807, 2.05) is 17.4 Å².